The minimum absolute atomic E-state index is 0.277. The maximum Gasteiger partial charge on any atom is 0.274 e. The molecule has 1 aromatic carbocycles. The number of aryl methyl sites for hydroxylation is 1. The van der Waals surface area contributed by atoms with Gasteiger partial charge in [-0.05, 0) is 50.5 Å². The van der Waals surface area contributed by atoms with Gasteiger partial charge in [0.2, 0.25) is 10.0 Å². The maximum atomic E-state index is 12.7. The van der Waals surface area contributed by atoms with E-state index in [1.165, 1.54) is 6.26 Å². The van der Waals surface area contributed by atoms with Crippen molar-refractivity contribution >= 4 is 21.6 Å². The third-order valence-electron chi connectivity index (χ3n) is 4.65. The van der Waals surface area contributed by atoms with Crippen molar-refractivity contribution in [2.45, 2.75) is 38.0 Å². The summed E-state index contributed by atoms with van der Waals surface area (Å²) in [5.74, 6) is 0.164. The number of carbonyl (C=O) groups excluding carboxylic acids is 1. The molecule has 0 aliphatic carbocycles. The molecular weight excluding hydrogens is 366 g/mol. The zero-order valence-corrected chi connectivity index (χ0v) is 16.3. The molecule has 0 bridgehead atoms. The smallest absolute Gasteiger partial charge is 0.274 e. The van der Waals surface area contributed by atoms with Gasteiger partial charge in [-0.15, -0.1) is 0 Å². The van der Waals surface area contributed by atoms with Crippen LogP contribution in [0.5, 0.6) is 0 Å². The standard InChI is InChI=1S/C19H23N3O4S/c1-14(20-21-19(23)18-10-13-26-15(18)2)16-6-8-17(9-7-16)27(24,25)22-11-4-3-5-12-22/h6-10,13H,3-5,11-12H2,1-2H3,(H,21,23)/b20-14-. The van der Waals surface area contributed by atoms with Crippen molar-refractivity contribution in [1.82, 2.24) is 9.73 Å². The van der Waals surface area contributed by atoms with E-state index in [1.54, 1.807) is 48.5 Å². The van der Waals surface area contributed by atoms with Crippen molar-refractivity contribution in [3.8, 4) is 0 Å². The van der Waals surface area contributed by atoms with Crippen molar-refractivity contribution in [2.24, 2.45) is 5.10 Å². The van der Waals surface area contributed by atoms with E-state index in [0.29, 0.717) is 30.1 Å². The minimum atomic E-state index is -3.45. The van der Waals surface area contributed by atoms with Gasteiger partial charge in [0.05, 0.1) is 22.4 Å². The van der Waals surface area contributed by atoms with Gasteiger partial charge in [-0.3, -0.25) is 4.79 Å². The Morgan fingerprint density at radius 2 is 1.78 bits per heavy atom. The molecule has 1 fully saturated rings. The first-order valence-electron chi connectivity index (χ1n) is 8.89. The average Bonchev–Trinajstić information content (AvgIpc) is 3.12. The van der Waals surface area contributed by atoms with Crippen molar-refractivity contribution in [2.75, 3.05) is 13.1 Å². The number of benzene rings is 1. The summed E-state index contributed by atoms with van der Waals surface area (Å²) >= 11 is 0. The van der Waals surface area contributed by atoms with Crippen molar-refractivity contribution in [3.05, 3.63) is 53.5 Å². The summed E-state index contributed by atoms with van der Waals surface area (Å²) in [5, 5.41) is 4.09. The number of rotatable bonds is 5. The summed E-state index contributed by atoms with van der Waals surface area (Å²) in [6, 6.07) is 8.15. The molecule has 2 aromatic rings. The topological polar surface area (TPSA) is 92.0 Å². The van der Waals surface area contributed by atoms with Crippen LogP contribution in [0.2, 0.25) is 0 Å². The Kier molecular flexibility index (Phi) is 5.76. The van der Waals surface area contributed by atoms with Crippen LogP contribution in [0, 0.1) is 6.92 Å². The summed E-state index contributed by atoms with van der Waals surface area (Å²) in [5.41, 5.74) is 4.22. The second-order valence-corrected chi connectivity index (χ2v) is 8.46. The first-order chi connectivity index (χ1) is 12.9. The lowest BCUT2D eigenvalue weighted by Crippen LogP contribution is -2.35. The van der Waals surface area contributed by atoms with Gasteiger partial charge in [0.1, 0.15) is 5.76 Å². The van der Waals surface area contributed by atoms with Crippen molar-refractivity contribution in [3.63, 3.8) is 0 Å². The van der Waals surface area contributed by atoms with Gasteiger partial charge in [0, 0.05) is 13.1 Å². The zero-order chi connectivity index (χ0) is 19.4. The van der Waals surface area contributed by atoms with Gasteiger partial charge in [-0.1, -0.05) is 18.6 Å². The van der Waals surface area contributed by atoms with Crippen LogP contribution in [0.15, 0.2) is 51.0 Å². The first-order valence-corrected chi connectivity index (χ1v) is 10.3. The van der Waals surface area contributed by atoms with Crippen LogP contribution in [0.4, 0.5) is 0 Å². The Hall–Kier alpha value is -2.45. The van der Waals surface area contributed by atoms with Gasteiger partial charge in [0.25, 0.3) is 5.91 Å². The highest BCUT2D eigenvalue weighted by Gasteiger charge is 2.25. The fraction of sp³-hybridized carbons (Fsp3) is 0.368. The number of sulfonamides is 1. The molecule has 27 heavy (non-hydrogen) atoms. The molecule has 1 aliphatic heterocycles. The summed E-state index contributed by atoms with van der Waals surface area (Å²) in [6.07, 6.45) is 4.32. The number of carbonyl (C=O) groups is 1. The lowest BCUT2D eigenvalue weighted by atomic mass is 10.1. The maximum absolute atomic E-state index is 12.7. The summed E-state index contributed by atoms with van der Waals surface area (Å²) in [4.78, 5) is 12.3. The molecule has 1 N–H and O–H groups in total. The molecule has 0 spiro atoms. The second-order valence-electron chi connectivity index (χ2n) is 6.52. The van der Waals surface area contributed by atoms with E-state index < -0.39 is 10.0 Å². The lowest BCUT2D eigenvalue weighted by molar-refractivity contribution is 0.0953. The van der Waals surface area contributed by atoms with Gasteiger partial charge >= 0.3 is 0 Å². The van der Waals surface area contributed by atoms with Gasteiger partial charge in [0.15, 0.2) is 0 Å². The van der Waals surface area contributed by atoms with Crippen LogP contribution in [-0.2, 0) is 10.0 Å². The van der Waals surface area contributed by atoms with Crippen LogP contribution in [-0.4, -0.2) is 37.4 Å². The van der Waals surface area contributed by atoms with Crippen LogP contribution in [0.1, 0.15) is 47.9 Å². The van der Waals surface area contributed by atoms with Gasteiger partial charge < -0.3 is 4.42 Å². The molecule has 7 nitrogen and oxygen atoms in total. The van der Waals surface area contributed by atoms with Crippen molar-refractivity contribution in [1.29, 1.82) is 0 Å². The average molecular weight is 389 g/mol. The highest BCUT2D eigenvalue weighted by atomic mass is 32.2. The molecule has 8 heteroatoms. The quantitative estimate of drug-likeness (QED) is 0.629. The molecule has 144 valence electrons. The number of hydrazone groups is 1. The number of amides is 1. The van der Waals surface area contributed by atoms with E-state index in [2.05, 4.69) is 10.5 Å². The highest BCUT2D eigenvalue weighted by molar-refractivity contribution is 7.89. The molecule has 1 saturated heterocycles. The molecule has 0 atom stereocenters. The Morgan fingerprint density at radius 1 is 1.11 bits per heavy atom. The van der Waals surface area contributed by atoms with E-state index in [4.69, 9.17) is 4.42 Å². The molecule has 1 amide bonds. The summed E-state index contributed by atoms with van der Waals surface area (Å²) in [7, 11) is -3.45. The Bertz CT molecular complexity index is 940. The fourth-order valence-corrected chi connectivity index (χ4v) is 4.52. The second kappa shape index (κ2) is 8.06. The molecule has 0 radical (unpaired) electrons. The van der Waals surface area contributed by atoms with E-state index in [1.807, 2.05) is 0 Å². The number of piperidine rings is 1. The van der Waals surface area contributed by atoms with E-state index >= 15 is 0 Å². The molecular formula is C19H23N3O4S. The van der Waals surface area contributed by atoms with Crippen LogP contribution in [0.3, 0.4) is 0 Å². The zero-order valence-electron chi connectivity index (χ0n) is 15.4. The van der Waals surface area contributed by atoms with E-state index in [0.717, 1.165) is 24.8 Å². The van der Waals surface area contributed by atoms with Gasteiger partial charge in [-0.2, -0.15) is 9.41 Å². The van der Waals surface area contributed by atoms with Crippen molar-refractivity contribution < 1.29 is 17.6 Å². The number of nitrogens with zero attached hydrogens (tertiary/aromatic N) is 2. The molecule has 1 aromatic heterocycles. The molecule has 3 rings (SSSR count). The summed E-state index contributed by atoms with van der Waals surface area (Å²) in [6.45, 7) is 4.59. The fourth-order valence-electron chi connectivity index (χ4n) is 3.00. The third kappa shape index (κ3) is 4.28. The monoisotopic (exact) mass is 389 g/mol. The Labute approximate surface area is 159 Å². The predicted octanol–water partition coefficient (Wildman–Crippen LogP) is 2.92. The van der Waals surface area contributed by atoms with E-state index in [9.17, 15) is 13.2 Å². The number of nitrogens with one attached hydrogen (secondary N) is 1. The number of furan rings is 1. The number of hydrogen-bond donors (Lipinski definition) is 1. The predicted molar refractivity (Wildman–Crippen MR) is 102 cm³/mol. The van der Waals surface area contributed by atoms with Crippen LogP contribution in [0.25, 0.3) is 0 Å². The Morgan fingerprint density at radius 3 is 2.37 bits per heavy atom. The Balaban J connectivity index is 1.70. The summed E-state index contributed by atoms with van der Waals surface area (Å²) < 4.78 is 32.0. The molecule has 0 unspecified atom stereocenters. The molecule has 1 aliphatic rings. The lowest BCUT2D eigenvalue weighted by Gasteiger charge is -2.25. The largest absolute Gasteiger partial charge is 0.469 e. The van der Waals surface area contributed by atoms with Gasteiger partial charge in [-0.25, -0.2) is 13.8 Å². The van der Waals surface area contributed by atoms with Crippen LogP contribution < -0.4 is 5.43 Å². The third-order valence-corrected chi connectivity index (χ3v) is 6.57. The first kappa shape index (κ1) is 19.3. The minimum Gasteiger partial charge on any atom is -0.469 e. The number of hydrogen-bond acceptors (Lipinski definition) is 5. The normalized spacial score (nSPS) is 16.3. The highest BCUT2D eigenvalue weighted by Crippen LogP contribution is 2.21. The van der Waals surface area contributed by atoms with E-state index in [-0.39, 0.29) is 10.8 Å². The molecule has 2 heterocycles. The molecule has 0 saturated carbocycles. The van der Waals surface area contributed by atoms with Crippen LogP contribution >= 0.6 is 0 Å². The SMILES string of the molecule is C/C(=N/NC(=O)c1ccoc1C)c1ccc(S(=O)(=O)N2CCCCC2)cc1.